The first kappa shape index (κ1) is 16.5. The van der Waals surface area contributed by atoms with E-state index >= 15 is 0 Å². The molecule has 1 heterocycles. The van der Waals surface area contributed by atoms with Gasteiger partial charge in [-0.05, 0) is 32.4 Å². The Hall–Kier alpha value is -1.82. The van der Waals surface area contributed by atoms with Crippen LogP contribution in [0.4, 0.5) is 4.39 Å². The third-order valence-electron chi connectivity index (χ3n) is 3.95. The second kappa shape index (κ2) is 7.45. The molecule has 1 amide bonds. The summed E-state index contributed by atoms with van der Waals surface area (Å²) in [6.07, 6.45) is 2.93. The highest BCUT2D eigenvalue weighted by Gasteiger charge is 2.24. The number of methoxy groups -OCH3 is 2. The van der Waals surface area contributed by atoms with Crippen molar-refractivity contribution in [2.75, 3.05) is 20.8 Å². The van der Waals surface area contributed by atoms with Gasteiger partial charge in [0.2, 0.25) is 5.91 Å². The smallest absolute Gasteiger partial charge is 0.237 e. The Morgan fingerprint density at radius 3 is 2.59 bits per heavy atom. The van der Waals surface area contributed by atoms with E-state index in [9.17, 15) is 9.18 Å². The minimum Gasteiger partial charge on any atom is -0.493 e. The Kier molecular flexibility index (Phi) is 5.60. The number of carbonyl (C=O) groups is 1. The van der Waals surface area contributed by atoms with Crippen molar-refractivity contribution in [1.82, 2.24) is 10.6 Å². The fraction of sp³-hybridized carbons (Fsp3) is 0.562. The summed E-state index contributed by atoms with van der Waals surface area (Å²) >= 11 is 0. The normalized spacial score (nSPS) is 19.4. The van der Waals surface area contributed by atoms with Crippen LogP contribution in [-0.4, -0.2) is 32.7 Å². The number of ether oxygens (including phenoxy) is 2. The molecule has 1 aliphatic rings. The van der Waals surface area contributed by atoms with E-state index in [1.165, 1.54) is 20.3 Å². The third-order valence-corrected chi connectivity index (χ3v) is 3.95. The Bertz CT molecular complexity index is 530. The lowest BCUT2D eigenvalue weighted by Crippen LogP contribution is -2.47. The lowest BCUT2D eigenvalue weighted by molar-refractivity contribution is -0.124. The average Bonchev–Trinajstić information content (AvgIpc) is 2.55. The molecule has 6 heteroatoms. The molecule has 2 N–H and O–H groups in total. The average molecular weight is 310 g/mol. The van der Waals surface area contributed by atoms with E-state index in [0.29, 0.717) is 17.1 Å². The molecule has 1 aromatic rings. The van der Waals surface area contributed by atoms with Crippen LogP contribution in [-0.2, 0) is 4.79 Å². The first-order chi connectivity index (χ1) is 10.6. The summed E-state index contributed by atoms with van der Waals surface area (Å²) in [5.74, 6) is 0.246. The lowest BCUT2D eigenvalue weighted by Gasteiger charge is -2.25. The van der Waals surface area contributed by atoms with Crippen LogP contribution in [0.1, 0.15) is 37.8 Å². The summed E-state index contributed by atoms with van der Waals surface area (Å²) in [7, 11) is 2.95. The highest BCUT2D eigenvalue weighted by Crippen LogP contribution is 2.32. The molecular weight excluding hydrogens is 287 g/mol. The second-order valence-corrected chi connectivity index (χ2v) is 5.46. The van der Waals surface area contributed by atoms with Gasteiger partial charge in [-0.15, -0.1) is 0 Å². The topological polar surface area (TPSA) is 59.6 Å². The third kappa shape index (κ3) is 3.68. The maximum absolute atomic E-state index is 14.2. The molecule has 5 nitrogen and oxygen atoms in total. The predicted molar refractivity (Wildman–Crippen MR) is 81.7 cm³/mol. The van der Waals surface area contributed by atoms with Crippen LogP contribution in [0, 0.1) is 5.82 Å². The van der Waals surface area contributed by atoms with E-state index in [2.05, 4.69) is 10.6 Å². The van der Waals surface area contributed by atoms with Crippen LogP contribution < -0.4 is 20.1 Å². The fourth-order valence-corrected chi connectivity index (χ4v) is 2.67. The van der Waals surface area contributed by atoms with Gasteiger partial charge < -0.3 is 20.1 Å². The molecule has 22 heavy (non-hydrogen) atoms. The Morgan fingerprint density at radius 1 is 1.32 bits per heavy atom. The molecule has 122 valence electrons. The number of amides is 1. The number of carbonyl (C=O) groups excluding carboxylic acids is 1. The van der Waals surface area contributed by atoms with Crippen LogP contribution in [0.3, 0.4) is 0 Å². The van der Waals surface area contributed by atoms with Gasteiger partial charge in [0.05, 0.1) is 26.3 Å². The van der Waals surface area contributed by atoms with Crippen LogP contribution in [0.15, 0.2) is 12.1 Å². The molecule has 0 aromatic heterocycles. The molecule has 1 aromatic carbocycles. The van der Waals surface area contributed by atoms with Crippen molar-refractivity contribution < 1.29 is 18.7 Å². The van der Waals surface area contributed by atoms with Gasteiger partial charge in [0.15, 0.2) is 11.5 Å². The van der Waals surface area contributed by atoms with Gasteiger partial charge in [-0.1, -0.05) is 6.42 Å². The molecule has 0 spiro atoms. The summed E-state index contributed by atoms with van der Waals surface area (Å²) in [5.41, 5.74) is 0.377. The van der Waals surface area contributed by atoms with Crippen molar-refractivity contribution in [3.8, 4) is 11.5 Å². The monoisotopic (exact) mass is 310 g/mol. The zero-order valence-electron chi connectivity index (χ0n) is 13.2. The molecule has 0 radical (unpaired) electrons. The summed E-state index contributed by atoms with van der Waals surface area (Å²) < 4.78 is 24.4. The minimum atomic E-state index is -0.448. The molecular formula is C16H23FN2O3. The van der Waals surface area contributed by atoms with Crippen molar-refractivity contribution in [3.05, 3.63) is 23.5 Å². The number of nitrogens with one attached hydrogen (secondary N) is 2. The minimum absolute atomic E-state index is 0.0959. The summed E-state index contributed by atoms with van der Waals surface area (Å²) in [6.45, 7) is 2.60. The molecule has 0 bridgehead atoms. The summed E-state index contributed by atoms with van der Waals surface area (Å²) in [5, 5.41) is 6.04. The Morgan fingerprint density at radius 2 is 2.00 bits per heavy atom. The van der Waals surface area contributed by atoms with Crippen LogP contribution in [0.25, 0.3) is 0 Å². The number of halogens is 1. The maximum Gasteiger partial charge on any atom is 0.237 e. The van der Waals surface area contributed by atoms with Crippen LogP contribution in [0.5, 0.6) is 11.5 Å². The molecule has 2 rings (SSSR count). The van der Waals surface area contributed by atoms with Crippen molar-refractivity contribution in [3.63, 3.8) is 0 Å². The Balaban J connectivity index is 2.11. The van der Waals surface area contributed by atoms with Gasteiger partial charge in [0.25, 0.3) is 0 Å². The molecule has 1 saturated heterocycles. The van der Waals surface area contributed by atoms with Gasteiger partial charge >= 0.3 is 0 Å². The molecule has 0 aliphatic carbocycles. The van der Waals surface area contributed by atoms with Gasteiger partial charge in [0.1, 0.15) is 5.82 Å². The quantitative estimate of drug-likeness (QED) is 0.875. The largest absolute Gasteiger partial charge is 0.493 e. The maximum atomic E-state index is 14.2. The first-order valence-electron chi connectivity index (χ1n) is 7.52. The van der Waals surface area contributed by atoms with E-state index in [-0.39, 0.29) is 11.9 Å². The first-order valence-corrected chi connectivity index (χ1v) is 7.52. The molecule has 0 saturated carbocycles. The molecule has 2 atom stereocenters. The zero-order valence-corrected chi connectivity index (χ0v) is 13.2. The van der Waals surface area contributed by atoms with E-state index in [0.717, 1.165) is 25.8 Å². The van der Waals surface area contributed by atoms with Gasteiger partial charge in [-0.3, -0.25) is 4.79 Å². The van der Waals surface area contributed by atoms with E-state index in [1.807, 2.05) is 0 Å². The van der Waals surface area contributed by atoms with E-state index in [4.69, 9.17) is 9.47 Å². The number of rotatable bonds is 5. The number of hydrogen-bond donors (Lipinski definition) is 2. The fourth-order valence-electron chi connectivity index (χ4n) is 2.67. The molecule has 1 aliphatic heterocycles. The van der Waals surface area contributed by atoms with Gasteiger partial charge in [-0.2, -0.15) is 0 Å². The number of benzene rings is 1. The highest BCUT2D eigenvalue weighted by atomic mass is 19.1. The van der Waals surface area contributed by atoms with Crippen molar-refractivity contribution >= 4 is 5.91 Å². The molecule has 1 fully saturated rings. The highest BCUT2D eigenvalue weighted by molar-refractivity contribution is 5.82. The Labute approximate surface area is 130 Å². The van der Waals surface area contributed by atoms with Crippen molar-refractivity contribution in [2.24, 2.45) is 0 Å². The van der Waals surface area contributed by atoms with E-state index < -0.39 is 11.9 Å². The standard InChI is InChI=1S/C16H23FN2O3/c1-10(19-16(20)13-6-4-5-7-18-13)11-8-14(21-2)15(22-3)9-12(11)17/h8-10,13,18H,4-7H2,1-3H3,(H,19,20). The predicted octanol–water partition coefficient (Wildman–Crippen LogP) is 2.16. The number of hydrogen-bond acceptors (Lipinski definition) is 4. The van der Waals surface area contributed by atoms with E-state index in [1.54, 1.807) is 13.0 Å². The van der Waals surface area contributed by atoms with Gasteiger partial charge in [0, 0.05) is 11.6 Å². The molecule has 2 unspecified atom stereocenters. The zero-order chi connectivity index (χ0) is 16.1. The number of piperidine rings is 1. The summed E-state index contributed by atoms with van der Waals surface area (Å²) in [6, 6.07) is 2.19. The SMILES string of the molecule is COc1cc(F)c(C(C)NC(=O)C2CCCCN2)cc1OC. The summed E-state index contributed by atoms with van der Waals surface area (Å²) in [4.78, 5) is 12.2. The van der Waals surface area contributed by atoms with Crippen molar-refractivity contribution in [2.45, 2.75) is 38.3 Å². The van der Waals surface area contributed by atoms with Crippen LogP contribution in [0.2, 0.25) is 0 Å². The van der Waals surface area contributed by atoms with Crippen molar-refractivity contribution in [1.29, 1.82) is 0 Å². The van der Waals surface area contributed by atoms with Crippen LogP contribution >= 0.6 is 0 Å². The lowest BCUT2D eigenvalue weighted by atomic mass is 10.0. The van der Waals surface area contributed by atoms with Gasteiger partial charge in [-0.25, -0.2) is 4.39 Å². The second-order valence-electron chi connectivity index (χ2n) is 5.46.